The molecule has 134 valence electrons. The molecule has 0 saturated carbocycles. The first-order valence-corrected chi connectivity index (χ1v) is 8.68. The number of nitrogens with one attached hydrogen (secondary N) is 1. The summed E-state index contributed by atoms with van der Waals surface area (Å²) < 4.78 is 3.88. The van der Waals surface area contributed by atoms with Gasteiger partial charge in [-0.05, 0) is 26.0 Å². The van der Waals surface area contributed by atoms with Crippen LogP contribution in [0.5, 0.6) is 0 Å². The van der Waals surface area contributed by atoms with E-state index >= 15 is 0 Å². The van der Waals surface area contributed by atoms with Crippen molar-refractivity contribution in [3.8, 4) is 11.4 Å². The molecule has 0 aliphatic heterocycles. The van der Waals surface area contributed by atoms with Gasteiger partial charge in [0.1, 0.15) is 5.82 Å². The van der Waals surface area contributed by atoms with E-state index in [9.17, 15) is 5.11 Å². The normalized spacial score (nSPS) is 11.5. The first-order chi connectivity index (χ1) is 12.6. The lowest BCUT2D eigenvalue weighted by molar-refractivity contribution is 0.267. The maximum Gasteiger partial charge on any atom is 0.182 e. The van der Waals surface area contributed by atoms with E-state index in [2.05, 4.69) is 32.0 Å². The Bertz CT molecular complexity index is 1050. The Morgan fingerprint density at radius 2 is 2.04 bits per heavy atom. The van der Waals surface area contributed by atoms with Crippen molar-refractivity contribution in [1.82, 2.24) is 29.5 Å². The van der Waals surface area contributed by atoms with Gasteiger partial charge in [-0.25, -0.2) is 9.67 Å². The van der Waals surface area contributed by atoms with Gasteiger partial charge in [0.05, 0.1) is 18.8 Å². The smallest absolute Gasteiger partial charge is 0.182 e. The molecule has 0 bridgehead atoms. The monoisotopic (exact) mass is 350 g/mol. The molecule has 0 fully saturated rings. The first kappa shape index (κ1) is 16.5. The van der Waals surface area contributed by atoms with Crippen LogP contribution in [-0.2, 0) is 20.0 Å². The first-order valence-electron chi connectivity index (χ1n) is 8.68. The van der Waals surface area contributed by atoms with Crippen LogP contribution in [0.3, 0.4) is 0 Å². The minimum absolute atomic E-state index is 0.0225. The van der Waals surface area contributed by atoms with E-state index in [1.165, 1.54) is 0 Å². The van der Waals surface area contributed by atoms with Crippen LogP contribution < -0.4 is 0 Å². The van der Waals surface area contributed by atoms with Gasteiger partial charge >= 0.3 is 0 Å². The molecule has 0 aliphatic carbocycles. The molecule has 0 aliphatic rings. The average Bonchev–Trinajstić information content (AvgIpc) is 3.30. The second-order valence-electron chi connectivity index (χ2n) is 6.55. The van der Waals surface area contributed by atoms with Gasteiger partial charge in [0, 0.05) is 47.4 Å². The minimum atomic E-state index is 0.0225. The quantitative estimate of drug-likeness (QED) is 0.579. The molecule has 26 heavy (non-hydrogen) atoms. The number of rotatable bonds is 5. The van der Waals surface area contributed by atoms with E-state index in [-0.39, 0.29) is 6.61 Å². The highest BCUT2D eigenvalue weighted by atomic mass is 16.3. The van der Waals surface area contributed by atoms with Gasteiger partial charge in [-0.1, -0.05) is 12.1 Å². The summed E-state index contributed by atoms with van der Waals surface area (Å²) in [6.45, 7) is 4.43. The van der Waals surface area contributed by atoms with Crippen molar-refractivity contribution in [3.63, 3.8) is 0 Å². The van der Waals surface area contributed by atoms with Crippen molar-refractivity contribution >= 4 is 10.9 Å². The fourth-order valence-electron chi connectivity index (χ4n) is 3.38. The van der Waals surface area contributed by atoms with Crippen LogP contribution in [-0.4, -0.2) is 41.2 Å². The number of hydrogen-bond donors (Lipinski definition) is 2. The molecule has 0 saturated heterocycles. The number of aliphatic hydroxyl groups is 1. The van der Waals surface area contributed by atoms with Crippen LogP contribution in [0.15, 0.2) is 30.5 Å². The van der Waals surface area contributed by atoms with Crippen molar-refractivity contribution in [3.05, 3.63) is 53.2 Å². The van der Waals surface area contributed by atoms with Crippen LogP contribution in [0.4, 0.5) is 0 Å². The fourth-order valence-corrected chi connectivity index (χ4v) is 3.38. The highest BCUT2D eigenvalue weighted by Crippen LogP contribution is 2.27. The average molecular weight is 350 g/mol. The van der Waals surface area contributed by atoms with Gasteiger partial charge < -0.3 is 9.67 Å². The molecule has 1 aromatic carbocycles. The molecule has 3 heterocycles. The molecule has 0 unspecified atom stereocenters. The van der Waals surface area contributed by atoms with Gasteiger partial charge in [-0.15, -0.1) is 0 Å². The number of aliphatic hydroxyl groups excluding tert-OH is 1. The van der Waals surface area contributed by atoms with Crippen molar-refractivity contribution in [1.29, 1.82) is 0 Å². The molecule has 4 aromatic rings. The lowest BCUT2D eigenvalue weighted by atomic mass is 10.1. The fraction of sp³-hybridized carbons (Fsp3) is 0.316. The molecule has 2 N–H and O–H groups in total. The predicted molar refractivity (Wildman–Crippen MR) is 99.9 cm³/mol. The number of hydrogen-bond acceptors (Lipinski definition) is 4. The SMILES string of the molecule is Cc1n[nH]c(C)c1Cc1nc(-c2cccc3c2ccn3C)nn1CCO. The van der Waals surface area contributed by atoms with Crippen LogP contribution >= 0.6 is 0 Å². The molecule has 7 heteroatoms. The molecular weight excluding hydrogens is 328 g/mol. The summed E-state index contributed by atoms with van der Waals surface area (Å²) in [6.07, 6.45) is 2.67. The third-order valence-corrected chi connectivity index (χ3v) is 4.84. The van der Waals surface area contributed by atoms with Crippen LogP contribution in [0.1, 0.15) is 22.8 Å². The molecule has 7 nitrogen and oxygen atoms in total. The number of H-pyrrole nitrogens is 1. The summed E-state index contributed by atoms with van der Waals surface area (Å²) in [5.74, 6) is 1.51. The highest BCUT2D eigenvalue weighted by molar-refractivity contribution is 5.93. The Labute approximate surface area is 151 Å². The Morgan fingerprint density at radius 3 is 2.77 bits per heavy atom. The van der Waals surface area contributed by atoms with Crippen LogP contribution in [0.2, 0.25) is 0 Å². The van der Waals surface area contributed by atoms with E-state index in [1.807, 2.05) is 39.2 Å². The van der Waals surface area contributed by atoms with Gasteiger partial charge in [0.15, 0.2) is 5.82 Å². The van der Waals surface area contributed by atoms with Gasteiger partial charge in [-0.3, -0.25) is 5.10 Å². The molecular formula is C19H22N6O. The summed E-state index contributed by atoms with van der Waals surface area (Å²) in [6, 6.07) is 8.23. The summed E-state index contributed by atoms with van der Waals surface area (Å²) >= 11 is 0. The van der Waals surface area contributed by atoms with E-state index in [1.54, 1.807) is 4.68 Å². The standard InChI is InChI=1S/C19H22N6O/c1-12-16(13(2)22-21-12)11-18-20-19(23-25(18)9-10-26)15-5-4-6-17-14(15)7-8-24(17)3/h4-8,26H,9-11H2,1-3H3,(H,21,22). The largest absolute Gasteiger partial charge is 0.394 e. The topological polar surface area (TPSA) is 84.5 Å². The van der Waals surface area contributed by atoms with E-state index < -0.39 is 0 Å². The molecule has 0 spiro atoms. The van der Waals surface area contributed by atoms with Crippen molar-refractivity contribution in [2.24, 2.45) is 7.05 Å². The van der Waals surface area contributed by atoms with Crippen LogP contribution in [0, 0.1) is 13.8 Å². The van der Waals surface area contributed by atoms with Crippen molar-refractivity contribution in [2.75, 3.05) is 6.61 Å². The summed E-state index contributed by atoms with van der Waals surface area (Å²) in [4.78, 5) is 4.81. The minimum Gasteiger partial charge on any atom is -0.394 e. The molecule has 0 radical (unpaired) electrons. The number of aromatic nitrogens is 6. The van der Waals surface area contributed by atoms with Gasteiger partial charge in [0.25, 0.3) is 0 Å². The second-order valence-corrected chi connectivity index (χ2v) is 6.55. The number of benzene rings is 1. The molecule has 3 aromatic heterocycles. The second kappa shape index (κ2) is 6.42. The number of nitrogens with zero attached hydrogens (tertiary/aromatic N) is 5. The maximum atomic E-state index is 9.42. The zero-order valence-electron chi connectivity index (χ0n) is 15.2. The van der Waals surface area contributed by atoms with E-state index in [0.717, 1.165) is 39.2 Å². The lowest BCUT2D eigenvalue weighted by Crippen LogP contribution is -2.09. The Balaban J connectivity index is 1.80. The van der Waals surface area contributed by atoms with E-state index in [0.29, 0.717) is 18.8 Å². The van der Waals surface area contributed by atoms with E-state index in [4.69, 9.17) is 4.98 Å². The number of aromatic amines is 1. The zero-order chi connectivity index (χ0) is 18.3. The highest BCUT2D eigenvalue weighted by Gasteiger charge is 2.17. The number of fused-ring (bicyclic) bond motifs is 1. The van der Waals surface area contributed by atoms with Crippen molar-refractivity contribution in [2.45, 2.75) is 26.8 Å². The number of aryl methyl sites for hydroxylation is 3. The molecule has 0 atom stereocenters. The van der Waals surface area contributed by atoms with Crippen molar-refractivity contribution < 1.29 is 5.11 Å². The molecule has 0 amide bonds. The predicted octanol–water partition coefficient (Wildman–Crippen LogP) is 2.36. The zero-order valence-corrected chi connectivity index (χ0v) is 15.2. The Hall–Kier alpha value is -2.93. The van der Waals surface area contributed by atoms with Gasteiger partial charge in [0.2, 0.25) is 0 Å². The van der Waals surface area contributed by atoms with Crippen LogP contribution in [0.25, 0.3) is 22.3 Å². The maximum absolute atomic E-state index is 9.42. The third-order valence-electron chi connectivity index (χ3n) is 4.84. The Morgan fingerprint density at radius 1 is 1.19 bits per heavy atom. The summed E-state index contributed by atoms with van der Waals surface area (Å²) in [7, 11) is 2.03. The third kappa shape index (κ3) is 2.70. The summed E-state index contributed by atoms with van der Waals surface area (Å²) in [5, 5.41) is 22.5. The molecule has 4 rings (SSSR count). The Kier molecular flexibility index (Phi) is 4.08. The lowest BCUT2D eigenvalue weighted by Gasteiger charge is -2.04. The van der Waals surface area contributed by atoms with Gasteiger partial charge in [-0.2, -0.15) is 10.2 Å². The summed E-state index contributed by atoms with van der Waals surface area (Å²) in [5.41, 5.74) is 5.27.